The number of nitrogens with one attached hydrogen (secondary N) is 1. The summed E-state index contributed by atoms with van der Waals surface area (Å²) in [5, 5.41) is 3.51. The number of ether oxygens (including phenoxy) is 1. The van der Waals surface area contributed by atoms with Gasteiger partial charge >= 0.3 is 0 Å². The molecule has 130 valence electrons. The van der Waals surface area contributed by atoms with E-state index < -0.39 is 0 Å². The minimum atomic E-state index is -0.297. The first-order chi connectivity index (χ1) is 12.8. The van der Waals surface area contributed by atoms with Crippen LogP contribution in [0, 0.1) is 0 Å². The molecule has 1 aliphatic rings. The fourth-order valence-corrected chi connectivity index (χ4v) is 3.37. The number of carbonyl (C=O) groups is 1. The Kier molecular flexibility index (Phi) is 4.32. The molecule has 0 saturated heterocycles. The van der Waals surface area contributed by atoms with Gasteiger partial charge in [-0.3, -0.25) is 4.79 Å². The van der Waals surface area contributed by atoms with E-state index in [1.54, 1.807) is 7.11 Å². The Morgan fingerprint density at radius 1 is 0.923 bits per heavy atom. The maximum Gasteiger partial charge on any atom is 0.258 e. The highest BCUT2D eigenvalue weighted by Crippen LogP contribution is 2.37. The van der Waals surface area contributed by atoms with Crippen LogP contribution in [-0.2, 0) is 6.54 Å². The van der Waals surface area contributed by atoms with Gasteiger partial charge in [0, 0.05) is 17.8 Å². The summed E-state index contributed by atoms with van der Waals surface area (Å²) in [6, 6.07) is 25.5. The van der Waals surface area contributed by atoms with Crippen LogP contribution in [0.25, 0.3) is 0 Å². The summed E-state index contributed by atoms with van der Waals surface area (Å²) in [5.74, 6) is 0.773. The Hall–Kier alpha value is -3.27. The van der Waals surface area contributed by atoms with Crippen LogP contribution >= 0.6 is 0 Å². The van der Waals surface area contributed by atoms with Crippen molar-refractivity contribution in [2.75, 3.05) is 12.4 Å². The molecule has 0 aromatic heterocycles. The first-order valence-corrected chi connectivity index (χ1v) is 8.61. The first kappa shape index (κ1) is 16.2. The van der Waals surface area contributed by atoms with Crippen LogP contribution in [0.15, 0.2) is 78.9 Å². The predicted molar refractivity (Wildman–Crippen MR) is 102 cm³/mol. The van der Waals surface area contributed by atoms with Crippen LogP contribution in [0.4, 0.5) is 5.69 Å². The summed E-state index contributed by atoms with van der Waals surface area (Å²) in [6.45, 7) is 0.518. The van der Waals surface area contributed by atoms with E-state index in [0.29, 0.717) is 12.1 Å². The van der Waals surface area contributed by atoms with Gasteiger partial charge in [0.25, 0.3) is 5.91 Å². The van der Waals surface area contributed by atoms with Crippen molar-refractivity contribution in [3.63, 3.8) is 0 Å². The largest absolute Gasteiger partial charge is 0.496 e. The minimum Gasteiger partial charge on any atom is -0.496 e. The quantitative estimate of drug-likeness (QED) is 0.760. The highest BCUT2D eigenvalue weighted by molar-refractivity contribution is 6.01. The molecule has 26 heavy (non-hydrogen) atoms. The molecule has 1 N–H and O–H groups in total. The highest BCUT2D eigenvalue weighted by Gasteiger charge is 2.34. The van der Waals surface area contributed by atoms with Crippen molar-refractivity contribution in [2.45, 2.75) is 12.7 Å². The van der Waals surface area contributed by atoms with E-state index in [0.717, 1.165) is 22.6 Å². The number of amides is 1. The van der Waals surface area contributed by atoms with E-state index in [1.807, 2.05) is 83.8 Å². The second-order valence-electron chi connectivity index (χ2n) is 6.25. The van der Waals surface area contributed by atoms with Crippen molar-refractivity contribution >= 4 is 11.6 Å². The molecule has 1 amide bonds. The van der Waals surface area contributed by atoms with E-state index in [4.69, 9.17) is 4.74 Å². The Balaban J connectivity index is 1.79. The molecule has 1 aliphatic heterocycles. The van der Waals surface area contributed by atoms with Crippen molar-refractivity contribution < 1.29 is 9.53 Å². The van der Waals surface area contributed by atoms with Crippen LogP contribution in [0.5, 0.6) is 5.75 Å². The number of anilines is 1. The van der Waals surface area contributed by atoms with Crippen LogP contribution < -0.4 is 10.1 Å². The van der Waals surface area contributed by atoms with Gasteiger partial charge in [0.15, 0.2) is 0 Å². The number of hydrogen-bond donors (Lipinski definition) is 1. The molecule has 1 atom stereocenters. The molecule has 4 heteroatoms. The van der Waals surface area contributed by atoms with Gasteiger partial charge in [0.1, 0.15) is 11.9 Å². The summed E-state index contributed by atoms with van der Waals surface area (Å²) in [5.41, 5.74) is 3.56. The van der Waals surface area contributed by atoms with Gasteiger partial charge in [-0.05, 0) is 23.8 Å². The van der Waals surface area contributed by atoms with Crippen molar-refractivity contribution in [2.24, 2.45) is 0 Å². The van der Waals surface area contributed by atoms with Crippen molar-refractivity contribution in [1.82, 2.24) is 4.90 Å². The van der Waals surface area contributed by atoms with E-state index in [9.17, 15) is 4.79 Å². The number of carbonyl (C=O) groups excluding carboxylic acids is 1. The third kappa shape index (κ3) is 2.90. The Morgan fingerprint density at radius 2 is 1.62 bits per heavy atom. The molecule has 0 saturated carbocycles. The van der Waals surface area contributed by atoms with Gasteiger partial charge in [-0.1, -0.05) is 60.7 Å². The van der Waals surface area contributed by atoms with Gasteiger partial charge < -0.3 is 15.0 Å². The summed E-state index contributed by atoms with van der Waals surface area (Å²) in [4.78, 5) is 15.1. The lowest BCUT2D eigenvalue weighted by molar-refractivity contribution is 0.0664. The lowest BCUT2D eigenvalue weighted by Crippen LogP contribution is -2.42. The average Bonchev–Trinajstić information content (AvgIpc) is 2.71. The predicted octanol–water partition coefficient (Wildman–Crippen LogP) is 4.46. The topological polar surface area (TPSA) is 41.6 Å². The minimum absolute atomic E-state index is 0.0131. The standard InChI is InChI=1S/C22H20N2O2/c1-26-20-14-8-6-12-18(20)21-23-19-13-7-5-11-17(19)22(25)24(21)15-16-9-3-2-4-10-16/h2-14,21,23H,15H2,1H3/t21-/m0/s1. The third-order valence-electron chi connectivity index (χ3n) is 4.65. The number of hydrogen-bond acceptors (Lipinski definition) is 3. The van der Waals surface area contributed by atoms with E-state index in [2.05, 4.69) is 5.32 Å². The molecule has 3 aromatic carbocycles. The second kappa shape index (κ2) is 6.92. The third-order valence-corrected chi connectivity index (χ3v) is 4.65. The van der Waals surface area contributed by atoms with Crippen molar-refractivity contribution in [3.05, 3.63) is 95.6 Å². The number of para-hydroxylation sites is 2. The van der Waals surface area contributed by atoms with E-state index in [1.165, 1.54) is 0 Å². The zero-order chi connectivity index (χ0) is 17.9. The number of benzene rings is 3. The monoisotopic (exact) mass is 344 g/mol. The van der Waals surface area contributed by atoms with E-state index >= 15 is 0 Å². The van der Waals surface area contributed by atoms with Gasteiger partial charge in [0.2, 0.25) is 0 Å². The fourth-order valence-electron chi connectivity index (χ4n) is 3.37. The zero-order valence-electron chi connectivity index (χ0n) is 14.6. The summed E-state index contributed by atoms with van der Waals surface area (Å²) < 4.78 is 5.54. The molecule has 0 unspecified atom stereocenters. The fraction of sp³-hybridized carbons (Fsp3) is 0.136. The summed E-state index contributed by atoms with van der Waals surface area (Å²) in [7, 11) is 1.65. The van der Waals surface area contributed by atoms with Gasteiger partial charge in [-0.15, -0.1) is 0 Å². The molecule has 4 rings (SSSR count). The number of fused-ring (bicyclic) bond motifs is 1. The van der Waals surface area contributed by atoms with Gasteiger partial charge in [0.05, 0.1) is 12.7 Å². The van der Waals surface area contributed by atoms with Crippen molar-refractivity contribution in [3.8, 4) is 5.75 Å². The Bertz CT molecular complexity index is 924. The molecule has 3 aromatic rings. The normalized spacial score (nSPS) is 16.0. The Morgan fingerprint density at radius 3 is 2.42 bits per heavy atom. The highest BCUT2D eigenvalue weighted by atomic mass is 16.5. The summed E-state index contributed by atoms with van der Waals surface area (Å²) >= 11 is 0. The maximum absolute atomic E-state index is 13.2. The zero-order valence-corrected chi connectivity index (χ0v) is 14.6. The Labute approximate surface area is 153 Å². The molecule has 1 heterocycles. The SMILES string of the molecule is COc1ccccc1[C@H]1Nc2ccccc2C(=O)N1Cc1ccccc1. The van der Waals surface area contributed by atoms with Gasteiger partial charge in [-0.25, -0.2) is 0 Å². The number of rotatable bonds is 4. The smallest absolute Gasteiger partial charge is 0.258 e. The second-order valence-corrected chi connectivity index (χ2v) is 6.25. The van der Waals surface area contributed by atoms with Crippen molar-refractivity contribution in [1.29, 1.82) is 0 Å². The first-order valence-electron chi connectivity index (χ1n) is 8.61. The molecule has 0 bridgehead atoms. The molecular formula is C22H20N2O2. The molecule has 0 aliphatic carbocycles. The lowest BCUT2D eigenvalue weighted by Gasteiger charge is -2.38. The van der Waals surface area contributed by atoms with Gasteiger partial charge in [-0.2, -0.15) is 0 Å². The molecule has 0 fully saturated rings. The number of methoxy groups -OCH3 is 1. The van der Waals surface area contributed by atoms with E-state index in [-0.39, 0.29) is 12.1 Å². The maximum atomic E-state index is 13.2. The lowest BCUT2D eigenvalue weighted by atomic mass is 10.0. The molecule has 4 nitrogen and oxygen atoms in total. The van der Waals surface area contributed by atoms with Crippen LogP contribution in [0.3, 0.4) is 0 Å². The van der Waals surface area contributed by atoms with Crippen LogP contribution in [0.1, 0.15) is 27.7 Å². The average molecular weight is 344 g/mol. The number of nitrogens with zero attached hydrogens (tertiary/aromatic N) is 1. The molecule has 0 radical (unpaired) electrons. The van der Waals surface area contributed by atoms with Crippen LogP contribution in [0.2, 0.25) is 0 Å². The molecular weight excluding hydrogens is 324 g/mol. The molecule has 0 spiro atoms. The van der Waals surface area contributed by atoms with Crippen LogP contribution in [-0.4, -0.2) is 17.9 Å². The summed E-state index contributed by atoms with van der Waals surface area (Å²) in [6.07, 6.45) is -0.297.